The first-order valence-electron chi connectivity index (χ1n) is 5.49. The predicted octanol–water partition coefficient (Wildman–Crippen LogP) is -0.824. The summed E-state index contributed by atoms with van der Waals surface area (Å²) in [5, 5.41) is 8.50. The normalized spacial score (nSPS) is 10.1. The molecule has 0 radical (unpaired) electrons. The van der Waals surface area contributed by atoms with Gasteiger partial charge in [-0.1, -0.05) is 36.0 Å². The van der Waals surface area contributed by atoms with E-state index >= 15 is 0 Å². The summed E-state index contributed by atoms with van der Waals surface area (Å²) in [5.41, 5.74) is 7.99. The summed E-state index contributed by atoms with van der Waals surface area (Å²) in [5.74, 6) is 1.46. The summed E-state index contributed by atoms with van der Waals surface area (Å²) in [6.07, 6.45) is 0.637. The average molecular weight is 285 g/mol. The average Bonchev–Trinajstić information content (AvgIpc) is 2.76. The van der Waals surface area contributed by atoms with Gasteiger partial charge in [0.2, 0.25) is 5.89 Å². The Bertz CT molecular complexity index is 490. The van der Waals surface area contributed by atoms with Crippen LogP contribution in [0.2, 0.25) is 0 Å². The summed E-state index contributed by atoms with van der Waals surface area (Å²) in [7, 11) is 0. The molecule has 0 aliphatic rings. The third-order valence-electron chi connectivity index (χ3n) is 2.42. The number of halogens is 1. The van der Waals surface area contributed by atoms with Crippen LogP contribution >= 0.6 is 11.8 Å². The summed E-state index contributed by atoms with van der Waals surface area (Å²) in [6.45, 7) is 2.63. The molecule has 0 saturated heterocycles. The zero-order valence-electron chi connectivity index (χ0n) is 10.1. The molecule has 2 rings (SSSR count). The standard InChI is InChI=1S/C12H15N3OS.ClH/c1-9-4-2-3-5-10(9)8-17-12-15-14-11(16-12)6-7-13;/h2-5H,6-8,13H2,1H3;1H/p-1. The van der Waals surface area contributed by atoms with E-state index in [4.69, 9.17) is 10.2 Å². The number of hydrogen-bond acceptors (Lipinski definition) is 5. The molecule has 0 amide bonds. The number of hydrogen-bond donors (Lipinski definition) is 1. The smallest absolute Gasteiger partial charge is 0.276 e. The molecule has 0 bridgehead atoms. The predicted molar refractivity (Wildman–Crippen MR) is 67.8 cm³/mol. The lowest BCUT2D eigenvalue weighted by Crippen LogP contribution is -3.00. The first kappa shape index (κ1) is 15.0. The number of rotatable bonds is 5. The molecule has 0 atom stereocenters. The molecule has 0 fully saturated rings. The highest BCUT2D eigenvalue weighted by Gasteiger charge is 2.06. The monoisotopic (exact) mass is 284 g/mol. The van der Waals surface area contributed by atoms with Crippen molar-refractivity contribution in [2.24, 2.45) is 5.73 Å². The molecule has 0 spiro atoms. The van der Waals surface area contributed by atoms with Crippen LogP contribution in [0, 0.1) is 6.92 Å². The van der Waals surface area contributed by atoms with Crippen LogP contribution in [0.15, 0.2) is 33.9 Å². The number of aromatic nitrogens is 2. The van der Waals surface area contributed by atoms with Crippen LogP contribution in [0.25, 0.3) is 0 Å². The molecule has 1 heterocycles. The number of aryl methyl sites for hydroxylation is 1. The Kier molecular flexibility index (Phi) is 6.18. The minimum atomic E-state index is 0. The summed E-state index contributed by atoms with van der Waals surface area (Å²) >= 11 is 1.55. The Balaban J connectivity index is 0.00000162. The van der Waals surface area contributed by atoms with Crippen LogP contribution < -0.4 is 18.1 Å². The molecule has 6 heteroatoms. The maximum atomic E-state index is 5.45. The van der Waals surface area contributed by atoms with E-state index in [9.17, 15) is 0 Å². The van der Waals surface area contributed by atoms with Crippen LogP contribution in [0.4, 0.5) is 0 Å². The molecule has 98 valence electrons. The number of benzene rings is 1. The first-order valence-corrected chi connectivity index (χ1v) is 6.48. The van der Waals surface area contributed by atoms with Gasteiger partial charge in [-0.2, -0.15) is 0 Å². The second kappa shape index (κ2) is 7.41. The second-order valence-electron chi connectivity index (χ2n) is 3.72. The Morgan fingerprint density at radius 1 is 1.28 bits per heavy atom. The van der Waals surface area contributed by atoms with Crippen molar-refractivity contribution >= 4 is 11.8 Å². The van der Waals surface area contributed by atoms with E-state index in [1.165, 1.54) is 11.1 Å². The SMILES string of the molecule is Cc1ccccc1CSc1nnc(CCN)o1.[Cl-]. The fourth-order valence-corrected chi connectivity index (χ4v) is 2.29. The molecule has 0 saturated carbocycles. The van der Waals surface area contributed by atoms with Gasteiger partial charge in [0, 0.05) is 18.7 Å². The molecule has 0 aliphatic heterocycles. The Morgan fingerprint density at radius 2 is 2.06 bits per heavy atom. The highest BCUT2D eigenvalue weighted by molar-refractivity contribution is 7.98. The number of thioether (sulfide) groups is 1. The fraction of sp³-hybridized carbons (Fsp3) is 0.333. The molecule has 0 unspecified atom stereocenters. The van der Waals surface area contributed by atoms with Gasteiger partial charge >= 0.3 is 0 Å². The Hall–Kier alpha value is -1.04. The lowest BCUT2D eigenvalue weighted by atomic mass is 10.1. The van der Waals surface area contributed by atoms with Crippen molar-refractivity contribution in [3.63, 3.8) is 0 Å². The van der Waals surface area contributed by atoms with Crippen molar-refractivity contribution in [2.75, 3.05) is 6.54 Å². The van der Waals surface area contributed by atoms with E-state index in [2.05, 4.69) is 29.3 Å². The van der Waals surface area contributed by atoms with Crippen molar-refractivity contribution < 1.29 is 16.8 Å². The first-order chi connectivity index (χ1) is 8.29. The second-order valence-corrected chi connectivity index (χ2v) is 4.64. The maximum Gasteiger partial charge on any atom is 0.276 e. The van der Waals surface area contributed by atoms with Gasteiger partial charge in [-0.15, -0.1) is 10.2 Å². The maximum absolute atomic E-state index is 5.45. The van der Waals surface area contributed by atoms with E-state index in [1.807, 2.05) is 12.1 Å². The lowest BCUT2D eigenvalue weighted by molar-refractivity contribution is -0.00000437. The summed E-state index contributed by atoms with van der Waals surface area (Å²) in [4.78, 5) is 0. The third-order valence-corrected chi connectivity index (χ3v) is 3.29. The van der Waals surface area contributed by atoms with Gasteiger partial charge in [-0.05, 0) is 18.1 Å². The highest BCUT2D eigenvalue weighted by Crippen LogP contribution is 2.22. The van der Waals surface area contributed by atoms with Crippen LogP contribution in [0.1, 0.15) is 17.0 Å². The van der Waals surface area contributed by atoms with Crippen molar-refractivity contribution in [3.05, 3.63) is 41.3 Å². The highest BCUT2D eigenvalue weighted by atomic mass is 35.5. The van der Waals surface area contributed by atoms with Crippen molar-refractivity contribution in [3.8, 4) is 0 Å². The molecule has 2 aromatic rings. The van der Waals surface area contributed by atoms with Gasteiger partial charge in [0.15, 0.2) is 0 Å². The number of nitrogens with zero attached hydrogens (tertiary/aromatic N) is 2. The van der Waals surface area contributed by atoms with Crippen molar-refractivity contribution in [1.82, 2.24) is 10.2 Å². The van der Waals surface area contributed by atoms with Gasteiger partial charge in [0.1, 0.15) is 0 Å². The fourth-order valence-electron chi connectivity index (χ4n) is 1.43. The van der Waals surface area contributed by atoms with Gasteiger partial charge in [-0.3, -0.25) is 0 Å². The van der Waals surface area contributed by atoms with Gasteiger partial charge in [-0.25, -0.2) is 0 Å². The zero-order valence-corrected chi connectivity index (χ0v) is 11.7. The van der Waals surface area contributed by atoms with Crippen LogP contribution in [0.5, 0.6) is 0 Å². The van der Waals surface area contributed by atoms with E-state index in [0.717, 1.165) is 5.75 Å². The van der Waals surface area contributed by atoms with Crippen LogP contribution in [-0.2, 0) is 12.2 Å². The molecule has 18 heavy (non-hydrogen) atoms. The minimum absolute atomic E-state index is 0. The summed E-state index contributed by atoms with van der Waals surface area (Å²) < 4.78 is 5.45. The van der Waals surface area contributed by atoms with Crippen LogP contribution in [-0.4, -0.2) is 16.7 Å². The third kappa shape index (κ3) is 4.01. The van der Waals surface area contributed by atoms with E-state index in [0.29, 0.717) is 24.1 Å². The minimum Gasteiger partial charge on any atom is -1.00 e. The quantitative estimate of drug-likeness (QED) is 0.727. The summed E-state index contributed by atoms with van der Waals surface area (Å²) in [6, 6.07) is 8.29. The largest absolute Gasteiger partial charge is 1.00 e. The van der Waals surface area contributed by atoms with Gasteiger partial charge in [0.25, 0.3) is 5.22 Å². The molecular formula is C12H15ClN3OS-. The van der Waals surface area contributed by atoms with E-state index in [-0.39, 0.29) is 12.4 Å². The topological polar surface area (TPSA) is 64.9 Å². The Morgan fingerprint density at radius 3 is 2.78 bits per heavy atom. The van der Waals surface area contributed by atoms with E-state index in [1.54, 1.807) is 11.8 Å². The lowest BCUT2D eigenvalue weighted by Gasteiger charge is -2.02. The van der Waals surface area contributed by atoms with Crippen molar-refractivity contribution in [2.45, 2.75) is 24.3 Å². The van der Waals surface area contributed by atoms with Crippen LogP contribution in [0.3, 0.4) is 0 Å². The molecule has 4 nitrogen and oxygen atoms in total. The molecule has 1 aromatic heterocycles. The van der Waals surface area contributed by atoms with Gasteiger partial charge in [0.05, 0.1) is 0 Å². The Labute approximate surface area is 117 Å². The van der Waals surface area contributed by atoms with Crippen molar-refractivity contribution in [1.29, 1.82) is 0 Å². The zero-order chi connectivity index (χ0) is 12.1. The number of nitrogens with two attached hydrogens (primary N) is 1. The molecule has 0 aliphatic carbocycles. The van der Waals surface area contributed by atoms with Gasteiger partial charge < -0.3 is 22.6 Å². The molecule has 1 aromatic carbocycles. The molecular weight excluding hydrogens is 270 g/mol. The van der Waals surface area contributed by atoms with E-state index < -0.39 is 0 Å². The molecule has 2 N–H and O–H groups in total.